The van der Waals surface area contributed by atoms with Crippen LogP contribution in [0.2, 0.25) is 0 Å². The lowest BCUT2D eigenvalue weighted by Gasteiger charge is -2.29. The number of aromatic nitrogens is 2. The third-order valence-corrected chi connectivity index (χ3v) is 6.83. The third kappa shape index (κ3) is 3.95. The second kappa shape index (κ2) is 9.07. The zero-order valence-corrected chi connectivity index (χ0v) is 20.8. The van der Waals surface area contributed by atoms with Gasteiger partial charge in [-0.25, -0.2) is 0 Å². The number of para-hydroxylation sites is 1. The quantitative estimate of drug-likeness (QED) is 0.472. The van der Waals surface area contributed by atoms with Gasteiger partial charge < -0.3 is 14.8 Å². The molecule has 4 rings (SSSR count). The molecule has 0 amide bonds. The van der Waals surface area contributed by atoms with E-state index in [1.807, 2.05) is 12.3 Å². The van der Waals surface area contributed by atoms with Crippen LogP contribution in [-0.4, -0.2) is 26.1 Å². The molecule has 1 N–H and O–H groups in total. The fourth-order valence-corrected chi connectivity index (χ4v) is 5.41. The zero-order chi connectivity index (χ0) is 23.0. The number of thiocarbonyl (C=S) groups is 1. The summed E-state index contributed by atoms with van der Waals surface area (Å²) in [4.78, 5) is 7.05. The van der Waals surface area contributed by atoms with Crippen molar-refractivity contribution in [2.24, 2.45) is 5.92 Å². The van der Waals surface area contributed by atoms with Crippen molar-refractivity contribution < 1.29 is 0 Å². The Labute approximate surface area is 197 Å². The maximum absolute atomic E-state index is 5.83. The maximum atomic E-state index is 5.83. The molecule has 1 aliphatic rings. The predicted octanol–water partition coefficient (Wildman–Crippen LogP) is 5.99. The van der Waals surface area contributed by atoms with E-state index in [1.165, 1.54) is 33.8 Å². The van der Waals surface area contributed by atoms with Crippen molar-refractivity contribution >= 4 is 17.3 Å². The first-order chi connectivity index (χ1) is 15.3. The summed E-state index contributed by atoms with van der Waals surface area (Å²) in [5.74, 6) is 0.506. The van der Waals surface area contributed by atoms with Crippen molar-refractivity contribution in [2.75, 3.05) is 6.54 Å². The van der Waals surface area contributed by atoms with E-state index in [9.17, 15) is 0 Å². The molecule has 4 nitrogen and oxygen atoms in total. The van der Waals surface area contributed by atoms with Gasteiger partial charge in [-0.1, -0.05) is 45.0 Å². The lowest BCUT2D eigenvalue weighted by Crippen LogP contribution is -2.33. The van der Waals surface area contributed by atoms with Gasteiger partial charge in [0.05, 0.1) is 23.5 Å². The van der Waals surface area contributed by atoms with Crippen molar-refractivity contribution in [1.82, 2.24) is 19.8 Å². The smallest absolute Gasteiger partial charge is 0.170 e. The molecular formula is C27H34N4S. The maximum Gasteiger partial charge on any atom is 0.170 e. The highest BCUT2D eigenvalue weighted by atomic mass is 32.1. The van der Waals surface area contributed by atoms with Gasteiger partial charge in [-0.3, -0.25) is 4.98 Å². The number of hydrogen-bond acceptors (Lipinski definition) is 2. The van der Waals surface area contributed by atoms with Crippen LogP contribution < -0.4 is 5.32 Å². The van der Waals surface area contributed by atoms with E-state index in [4.69, 9.17) is 12.2 Å². The molecule has 1 fully saturated rings. The Morgan fingerprint density at radius 1 is 1.09 bits per heavy atom. The molecule has 0 unspecified atom stereocenters. The summed E-state index contributed by atoms with van der Waals surface area (Å²) in [5.41, 5.74) is 8.87. The minimum absolute atomic E-state index is 0.0268. The first kappa shape index (κ1) is 22.5. The van der Waals surface area contributed by atoms with Crippen LogP contribution in [0.5, 0.6) is 0 Å². The predicted molar refractivity (Wildman–Crippen MR) is 136 cm³/mol. The average Bonchev–Trinajstić information content (AvgIpc) is 3.23. The number of rotatable bonds is 6. The zero-order valence-electron chi connectivity index (χ0n) is 20.0. The number of benzene rings is 1. The lowest BCUT2D eigenvalue weighted by molar-refractivity contribution is 0.287. The number of nitrogens with one attached hydrogen (secondary N) is 1. The summed E-state index contributed by atoms with van der Waals surface area (Å²) in [6.45, 7) is 14.3. The van der Waals surface area contributed by atoms with Crippen molar-refractivity contribution in [2.45, 2.75) is 60.0 Å². The molecule has 32 heavy (non-hydrogen) atoms. The van der Waals surface area contributed by atoms with Crippen LogP contribution >= 0.6 is 12.2 Å². The fraction of sp³-hybridized carbons (Fsp3) is 0.407. The molecule has 0 saturated carbocycles. The van der Waals surface area contributed by atoms with Gasteiger partial charge in [0.25, 0.3) is 0 Å². The average molecular weight is 447 g/mol. The van der Waals surface area contributed by atoms with Gasteiger partial charge in [-0.05, 0) is 80.2 Å². The van der Waals surface area contributed by atoms with Crippen LogP contribution in [0.4, 0.5) is 0 Å². The van der Waals surface area contributed by atoms with Gasteiger partial charge in [0.1, 0.15) is 0 Å². The summed E-state index contributed by atoms with van der Waals surface area (Å²) in [7, 11) is 0. The normalized spacial score (nSPS) is 18.5. The Hall–Kier alpha value is -2.66. The molecule has 2 atom stereocenters. The Morgan fingerprint density at radius 2 is 1.88 bits per heavy atom. The summed E-state index contributed by atoms with van der Waals surface area (Å²) >= 11 is 5.83. The second-order valence-corrected chi connectivity index (χ2v) is 9.66. The van der Waals surface area contributed by atoms with E-state index < -0.39 is 0 Å². The van der Waals surface area contributed by atoms with Gasteiger partial charge in [0.15, 0.2) is 5.11 Å². The minimum atomic E-state index is 0.0268. The third-order valence-electron chi connectivity index (χ3n) is 6.47. The monoisotopic (exact) mass is 446 g/mol. The van der Waals surface area contributed by atoms with Gasteiger partial charge >= 0.3 is 0 Å². The van der Waals surface area contributed by atoms with Crippen LogP contribution in [0.1, 0.15) is 66.6 Å². The van der Waals surface area contributed by atoms with Crippen LogP contribution in [0.15, 0.2) is 48.7 Å². The Balaban J connectivity index is 1.88. The van der Waals surface area contributed by atoms with Crippen molar-refractivity contribution in [3.05, 3.63) is 82.4 Å². The number of pyridine rings is 1. The summed E-state index contributed by atoms with van der Waals surface area (Å²) < 4.78 is 2.44. The largest absolute Gasteiger partial charge is 0.352 e. The van der Waals surface area contributed by atoms with Crippen LogP contribution in [0, 0.1) is 26.7 Å². The molecule has 3 aromatic rings. The summed E-state index contributed by atoms with van der Waals surface area (Å²) in [6, 6.07) is 15.2. The SMILES string of the molecule is CCc1cccc(C)c1-n1c(C)cc([C@H]2[C@H](c3ccccn3)NC(=S)N2CC(C)C)c1C. The fourth-order valence-electron chi connectivity index (χ4n) is 5.09. The Morgan fingerprint density at radius 3 is 2.53 bits per heavy atom. The standard InChI is InChI=1S/C27H34N4S/c1-7-21-12-10-11-18(4)25(21)31-19(5)15-22(20(31)6)26-24(23-13-8-9-14-28-23)29-27(32)30(26)16-17(2)3/h8-15,17,24,26H,7,16H2,1-6H3,(H,29,32)/t24-,26-/m0/s1. The number of hydrogen-bond donors (Lipinski definition) is 1. The van der Waals surface area contributed by atoms with Gasteiger partial charge in [0, 0.05) is 24.1 Å². The molecule has 0 radical (unpaired) electrons. The van der Waals surface area contributed by atoms with Gasteiger partial charge in [0.2, 0.25) is 0 Å². The van der Waals surface area contributed by atoms with E-state index in [2.05, 4.69) is 97.7 Å². The van der Waals surface area contributed by atoms with E-state index in [1.54, 1.807) is 0 Å². The number of nitrogens with zero attached hydrogens (tertiary/aromatic N) is 3. The molecule has 1 aromatic carbocycles. The molecule has 2 aromatic heterocycles. The molecule has 1 saturated heterocycles. The summed E-state index contributed by atoms with van der Waals surface area (Å²) in [5, 5.41) is 4.40. The highest BCUT2D eigenvalue weighted by molar-refractivity contribution is 7.80. The molecule has 0 spiro atoms. The molecule has 5 heteroatoms. The van der Waals surface area contributed by atoms with E-state index in [-0.39, 0.29) is 12.1 Å². The van der Waals surface area contributed by atoms with Crippen molar-refractivity contribution in [3.8, 4) is 5.69 Å². The number of aryl methyl sites for hydroxylation is 3. The van der Waals surface area contributed by atoms with E-state index in [0.29, 0.717) is 5.92 Å². The molecule has 1 aliphatic heterocycles. The highest BCUT2D eigenvalue weighted by Gasteiger charge is 2.41. The highest BCUT2D eigenvalue weighted by Crippen LogP contribution is 2.42. The van der Waals surface area contributed by atoms with E-state index in [0.717, 1.165) is 23.8 Å². The van der Waals surface area contributed by atoms with Crippen molar-refractivity contribution in [3.63, 3.8) is 0 Å². The lowest BCUT2D eigenvalue weighted by atomic mass is 9.96. The molecule has 168 valence electrons. The second-order valence-electron chi connectivity index (χ2n) is 9.27. The van der Waals surface area contributed by atoms with E-state index >= 15 is 0 Å². The van der Waals surface area contributed by atoms with Crippen LogP contribution in [0.25, 0.3) is 5.69 Å². The Bertz CT molecular complexity index is 1120. The first-order valence-corrected chi connectivity index (χ1v) is 12.0. The van der Waals surface area contributed by atoms with Gasteiger partial charge in [-0.15, -0.1) is 0 Å². The van der Waals surface area contributed by atoms with Crippen LogP contribution in [-0.2, 0) is 6.42 Å². The topological polar surface area (TPSA) is 33.1 Å². The Kier molecular flexibility index (Phi) is 6.38. The molecular weight excluding hydrogens is 412 g/mol. The minimum Gasteiger partial charge on any atom is -0.352 e. The molecule has 0 aliphatic carbocycles. The van der Waals surface area contributed by atoms with Crippen molar-refractivity contribution in [1.29, 1.82) is 0 Å². The molecule has 0 bridgehead atoms. The summed E-state index contributed by atoms with van der Waals surface area (Å²) in [6.07, 6.45) is 2.88. The van der Waals surface area contributed by atoms with Crippen LogP contribution in [0.3, 0.4) is 0 Å². The first-order valence-electron chi connectivity index (χ1n) is 11.6. The molecule has 3 heterocycles. The van der Waals surface area contributed by atoms with Gasteiger partial charge in [-0.2, -0.15) is 0 Å².